The normalized spacial score (nSPS) is 11.0. The minimum atomic E-state index is -0.281. The maximum atomic E-state index is 13.1. The van der Waals surface area contributed by atoms with Crippen LogP contribution in [0, 0.1) is 12.7 Å². The van der Waals surface area contributed by atoms with Gasteiger partial charge < -0.3 is 5.32 Å². The number of hydrogen-bond acceptors (Lipinski definition) is 4. The van der Waals surface area contributed by atoms with E-state index in [0.717, 1.165) is 21.5 Å². The van der Waals surface area contributed by atoms with Crippen molar-refractivity contribution in [1.29, 1.82) is 0 Å². The van der Waals surface area contributed by atoms with E-state index in [1.54, 1.807) is 36.4 Å². The summed E-state index contributed by atoms with van der Waals surface area (Å²) in [7, 11) is 0. The molecule has 0 aliphatic heterocycles. The summed E-state index contributed by atoms with van der Waals surface area (Å²) in [4.78, 5) is 26.0. The number of ketones is 1. The van der Waals surface area contributed by atoms with E-state index < -0.39 is 0 Å². The highest BCUT2D eigenvalue weighted by Crippen LogP contribution is 2.30. The fourth-order valence-electron chi connectivity index (χ4n) is 3.18. The average molecular weight is 407 g/mol. The Bertz CT molecular complexity index is 1220. The maximum absolute atomic E-state index is 13.1. The predicted octanol–water partition coefficient (Wildman–Crippen LogP) is 5.05. The van der Waals surface area contributed by atoms with Crippen LogP contribution in [-0.4, -0.2) is 21.5 Å². The van der Waals surface area contributed by atoms with Crippen LogP contribution in [-0.2, 0) is 6.54 Å². The SMILES string of the molecule is CC(=O)c1ccccc1NC(=O)c1cc2c(C)nn(Cc3ccc(F)cc3)c2s1. The number of carbonyl (C=O) groups is 2. The number of aromatic nitrogens is 2. The number of aryl methyl sites for hydroxylation is 1. The molecular weight excluding hydrogens is 389 g/mol. The molecule has 0 unspecified atom stereocenters. The molecular formula is C22H18FN3O2S. The van der Waals surface area contributed by atoms with Crippen LogP contribution in [0.15, 0.2) is 54.6 Å². The molecule has 2 aromatic heterocycles. The molecule has 2 heterocycles. The second-order valence-electron chi connectivity index (χ2n) is 6.75. The number of nitrogens with zero attached hydrogens (tertiary/aromatic N) is 2. The van der Waals surface area contributed by atoms with E-state index in [1.165, 1.54) is 30.4 Å². The average Bonchev–Trinajstić information content (AvgIpc) is 3.25. The van der Waals surface area contributed by atoms with Gasteiger partial charge in [-0.3, -0.25) is 14.3 Å². The predicted molar refractivity (Wildman–Crippen MR) is 112 cm³/mol. The lowest BCUT2D eigenvalue weighted by Gasteiger charge is -2.07. The minimum Gasteiger partial charge on any atom is -0.321 e. The topological polar surface area (TPSA) is 64.0 Å². The summed E-state index contributed by atoms with van der Waals surface area (Å²) >= 11 is 1.34. The molecule has 0 spiro atoms. The lowest BCUT2D eigenvalue weighted by Crippen LogP contribution is -2.13. The molecule has 0 fully saturated rings. The Balaban J connectivity index is 1.63. The highest BCUT2D eigenvalue weighted by Gasteiger charge is 2.18. The fourth-order valence-corrected chi connectivity index (χ4v) is 4.23. The van der Waals surface area contributed by atoms with E-state index in [9.17, 15) is 14.0 Å². The molecule has 0 saturated heterocycles. The number of para-hydroxylation sites is 1. The number of rotatable bonds is 5. The van der Waals surface area contributed by atoms with Crippen LogP contribution in [0.25, 0.3) is 10.2 Å². The molecule has 1 N–H and O–H groups in total. The Morgan fingerprint density at radius 2 is 1.86 bits per heavy atom. The Morgan fingerprint density at radius 1 is 1.14 bits per heavy atom. The molecule has 29 heavy (non-hydrogen) atoms. The number of nitrogens with one attached hydrogen (secondary N) is 1. The van der Waals surface area contributed by atoms with Gasteiger partial charge >= 0.3 is 0 Å². The molecule has 4 aromatic rings. The molecule has 146 valence electrons. The molecule has 4 rings (SSSR count). The van der Waals surface area contributed by atoms with E-state index in [1.807, 2.05) is 17.7 Å². The zero-order valence-electron chi connectivity index (χ0n) is 15.9. The highest BCUT2D eigenvalue weighted by molar-refractivity contribution is 7.20. The summed E-state index contributed by atoms with van der Waals surface area (Å²) in [6.07, 6.45) is 0. The summed E-state index contributed by atoms with van der Waals surface area (Å²) in [5.74, 6) is -0.660. The molecule has 0 atom stereocenters. The first-order valence-electron chi connectivity index (χ1n) is 9.05. The van der Waals surface area contributed by atoms with Crippen LogP contribution in [0.2, 0.25) is 0 Å². The number of thiophene rings is 1. The Kier molecular flexibility index (Phi) is 4.98. The molecule has 0 bridgehead atoms. The van der Waals surface area contributed by atoms with Crippen molar-refractivity contribution in [1.82, 2.24) is 9.78 Å². The van der Waals surface area contributed by atoms with Crippen LogP contribution < -0.4 is 5.32 Å². The van der Waals surface area contributed by atoms with Gasteiger partial charge in [-0.05, 0) is 49.7 Å². The lowest BCUT2D eigenvalue weighted by atomic mass is 10.1. The Morgan fingerprint density at radius 3 is 2.59 bits per heavy atom. The first kappa shape index (κ1) is 19.0. The van der Waals surface area contributed by atoms with Gasteiger partial charge in [-0.15, -0.1) is 11.3 Å². The van der Waals surface area contributed by atoms with Crippen molar-refractivity contribution in [2.45, 2.75) is 20.4 Å². The van der Waals surface area contributed by atoms with Crippen LogP contribution in [0.3, 0.4) is 0 Å². The lowest BCUT2D eigenvalue weighted by molar-refractivity contribution is 0.101. The number of benzene rings is 2. The number of fused-ring (bicyclic) bond motifs is 1. The van der Waals surface area contributed by atoms with Gasteiger partial charge in [-0.1, -0.05) is 24.3 Å². The van der Waals surface area contributed by atoms with E-state index in [4.69, 9.17) is 0 Å². The summed E-state index contributed by atoms with van der Waals surface area (Å²) < 4.78 is 15.0. The number of anilines is 1. The van der Waals surface area contributed by atoms with Crippen LogP contribution in [0.5, 0.6) is 0 Å². The summed E-state index contributed by atoms with van der Waals surface area (Å²) in [5, 5.41) is 8.28. The van der Waals surface area contributed by atoms with Gasteiger partial charge in [-0.2, -0.15) is 5.10 Å². The fraction of sp³-hybridized carbons (Fsp3) is 0.136. The van der Waals surface area contributed by atoms with Gasteiger partial charge in [0.05, 0.1) is 22.8 Å². The number of halogens is 1. The van der Waals surface area contributed by atoms with E-state index in [-0.39, 0.29) is 17.5 Å². The molecule has 1 amide bonds. The molecule has 0 radical (unpaired) electrons. The Hall–Kier alpha value is -3.32. The standard InChI is InChI=1S/C22H18FN3O2S/c1-13-18-11-20(21(28)24-19-6-4-3-5-17(19)14(2)27)29-22(18)26(25-13)12-15-7-9-16(23)10-8-15/h3-11H,12H2,1-2H3,(H,24,28). The third kappa shape index (κ3) is 3.82. The zero-order valence-corrected chi connectivity index (χ0v) is 16.7. The first-order valence-corrected chi connectivity index (χ1v) is 9.87. The molecule has 7 heteroatoms. The van der Waals surface area contributed by atoms with Crippen LogP contribution >= 0.6 is 11.3 Å². The smallest absolute Gasteiger partial charge is 0.265 e. The number of amides is 1. The largest absolute Gasteiger partial charge is 0.321 e. The van der Waals surface area contributed by atoms with Crippen molar-refractivity contribution in [3.8, 4) is 0 Å². The van der Waals surface area contributed by atoms with Crippen molar-refractivity contribution in [3.63, 3.8) is 0 Å². The van der Waals surface area contributed by atoms with Gasteiger partial charge in [0, 0.05) is 10.9 Å². The summed E-state index contributed by atoms with van der Waals surface area (Å²) in [6, 6.07) is 15.0. The maximum Gasteiger partial charge on any atom is 0.265 e. The summed E-state index contributed by atoms with van der Waals surface area (Å²) in [5.41, 5.74) is 2.71. The highest BCUT2D eigenvalue weighted by atomic mass is 32.1. The number of Topliss-reactive ketones (excluding diaryl/α,β-unsaturated/α-hetero) is 1. The van der Waals surface area contributed by atoms with Crippen LogP contribution in [0.1, 0.15) is 38.2 Å². The quantitative estimate of drug-likeness (QED) is 0.471. The van der Waals surface area contributed by atoms with Gasteiger partial charge in [0.25, 0.3) is 5.91 Å². The van der Waals surface area contributed by atoms with Crippen molar-refractivity contribution >= 4 is 38.9 Å². The van der Waals surface area contributed by atoms with Crippen molar-refractivity contribution in [3.05, 3.63) is 82.1 Å². The molecule has 2 aromatic carbocycles. The number of hydrogen-bond donors (Lipinski definition) is 1. The van der Waals surface area contributed by atoms with Crippen molar-refractivity contribution in [2.24, 2.45) is 0 Å². The minimum absolute atomic E-state index is 0.108. The molecule has 0 aliphatic carbocycles. The van der Waals surface area contributed by atoms with Gasteiger partial charge in [-0.25, -0.2) is 4.39 Å². The Labute approximate surface area is 170 Å². The second kappa shape index (κ2) is 7.60. The van der Waals surface area contributed by atoms with Gasteiger partial charge in [0.2, 0.25) is 0 Å². The molecule has 5 nitrogen and oxygen atoms in total. The van der Waals surface area contributed by atoms with E-state index in [2.05, 4.69) is 10.4 Å². The third-order valence-electron chi connectivity index (χ3n) is 4.63. The zero-order chi connectivity index (χ0) is 20.5. The van der Waals surface area contributed by atoms with Crippen LogP contribution in [0.4, 0.5) is 10.1 Å². The van der Waals surface area contributed by atoms with E-state index >= 15 is 0 Å². The van der Waals surface area contributed by atoms with Crippen molar-refractivity contribution in [2.75, 3.05) is 5.32 Å². The van der Waals surface area contributed by atoms with Gasteiger partial charge in [0.1, 0.15) is 10.6 Å². The number of carbonyl (C=O) groups excluding carboxylic acids is 2. The first-order chi connectivity index (χ1) is 13.9. The summed E-state index contributed by atoms with van der Waals surface area (Å²) in [6.45, 7) is 3.85. The third-order valence-corrected chi connectivity index (χ3v) is 5.78. The molecule has 0 saturated carbocycles. The van der Waals surface area contributed by atoms with E-state index in [0.29, 0.717) is 22.7 Å². The van der Waals surface area contributed by atoms with Gasteiger partial charge in [0.15, 0.2) is 5.78 Å². The molecule has 0 aliphatic rings. The second-order valence-corrected chi connectivity index (χ2v) is 7.79. The van der Waals surface area contributed by atoms with Crippen molar-refractivity contribution < 1.29 is 14.0 Å². The monoisotopic (exact) mass is 407 g/mol.